The van der Waals surface area contributed by atoms with Gasteiger partial charge in [0.25, 0.3) is 0 Å². The number of benzene rings is 1. The molecular formula is C12H13N3O. The maximum absolute atomic E-state index is 11.5. The van der Waals surface area contributed by atoms with Gasteiger partial charge in [-0.1, -0.05) is 26.0 Å². The Morgan fingerprint density at radius 1 is 1.25 bits per heavy atom. The highest BCUT2D eigenvalue weighted by Crippen LogP contribution is 2.11. The van der Waals surface area contributed by atoms with Gasteiger partial charge in [0.2, 0.25) is 5.91 Å². The van der Waals surface area contributed by atoms with Crippen molar-refractivity contribution in [2.45, 2.75) is 13.8 Å². The van der Waals surface area contributed by atoms with E-state index in [0.717, 1.165) is 11.0 Å². The van der Waals surface area contributed by atoms with E-state index in [0.29, 0.717) is 5.82 Å². The number of amides is 1. The van der Waals surface area contributed by atoms with Crippen molar-refractivity contribution < 1.29 is 4.79 Å². The molecule has 1 aromatic carbocycles. The minimum atomic E-state index is -0.0618. The van der Waals surface area contributed by atoms with Gasteiger partial charge in [-0.3, -0.25) is 9.78 Å². The molecule has 82 valence electrons. The second-order valence-electron chi connectivity index (χ2n) is 3.89. The van der Waals surface area contributed by atoms with E-state index >= 15 is 0 Å². The summed E-state index contributed by atoms with van der Waals surface area (Å²) in [6, 6.07) is 7.55. The van der Waals surface area contributed by atoms with Crippen molar-refractivity contribution in [3.63, 3.8) is 0 Å². The number of nitrogens with zero attached hydrogens (tertiary/aromatic N) is 2. The first kappa shape index (κ1) is 10.5. The van der Waals surface area contributed by atoms with E-state index in [1.165, 1.54) is 0 Å². The molecule has 0 fully saturated rings. The van der Waals surface area contributed by atoms with E-state index in [4.69, 9.17) is 0 Å². The first-order valence-electron chi connectivity index (χ1n) is 5.19. The molecule has 2 rings (SSSR count). The van der Waals surface area contributed by atoms with Crippen molar-refractivity contribution in [3.8, 4) is 0 Å². The third kappa shape index (κ3) is 2.16. The molecule has 1 amide bonds. The van der Waals surface area contributed by atoms with E-state index in [1.54, 1.807) is 6.20 Å². The number of fused-ring (bicyclic) bond motifs is 1. The molecule has 0 radical (unpaired) electrons. The zero-order valence-electron chi connectivity index (χ0n) is 9.27. The topological polar surface area (TPSA) is 54.9 Å². The number of rotatable bonds is 2. The highest BCUT2D eigenvalue weighted by molar-refractivity contribution is 5.91. The van der Waals surface area contributed by atoms with Crippen LogP contribution in [0.1, 0.15) is 13.8 Å². The molecule has 0 aliphatic heterocycles. The summed E-state index contributed by atoms with van der Waals surface area (Å²) in [5.41, 5.74) is 1.61. The summed E-state index contributed by atoms with van der Waals surface area (Å²) in [4.78, 5) is 20.0. The highest BCUT2D eigenvalue weighted by atomic mass is 16.1. The van der Waals surface area contributed by atoms with Crippen molar-refractivity contribution in [1.29, 1.82) is 0 Å². The summed E-state index contributed by atoms with van der Waals surface area (Å²) < 4.78 is 0. The van der Waals surface area contributed by atoms with Crippen molar-refractivity contribution >= 4 is 22.8 Å². The van der Waals surface area contributed by atoms with Gasteiger partial charge in [0.1, 0.15) is 0 Å². The fraction of sp³-hybridized carbons (Fsp3) is 0.250. The fourth-order valence-electron chi connectivity index (χ4n) is 1.29. The van der Waals surface area contributed by atoms with Crippen LogP contribution in [0, 0.1) is 5.92 Å². The zero-order valence-corrected chi connectivity index (χ0v) is 9.27. The molecule has 0 aliphatic carbocycles. The normalized spacial score (nSPS) is 10.7. The maximum atomic E-state index is 11.5. The highest BCUT2D eigenvalue weighted by Gasteiger charge is 2.08. The van der Waals surface area contributed by atoms with E-state index in [2.05, 4.69) is 15.3 Å². The van der Waals surface area contributed by atoms with Gasteiger partial charge in [-0.2, -0.15) is 0 Å². The van der Waals surface area contributed by atoms with Gasteiger partial charge in [0.15, 0.2) is 5.82 Å². The van der Waals surface area contributed by atoms with E-state index in [9.17, 15) is 4.79 Å². The fourth-order valence-corrected chi connectivity index (χ4v) is 1.29. The molecule has 1 heterocycles. The number of para-hydroxylation sites is 2. The van der Waals surface area contributed by atoms with Crippen LogP contribution < -0.4 is 5.32 Å². The molecule has 4 heteroatoms. The number of hydrogen-bond acceptors (Lipinski definition) is 3. The molecule has 0 spiro atoms. The third-order valence-corrected chi connectivity index (χ3v) is 2.22. The monoisotopic (exact) mass is 215 g/mol. The Morgan fingerprint density at radius 3 is 2.62 bits per heavy atom. The lowest BCUT2D eigenvalue weighted by Gasteiger charge is -2.06. The lowest BCUT2D eigenvalue weighted by atomic mass is 10.2. The summed E-state index contributed by atoms with van der Waals surface area (Å²) in [6.07, 6.45) is 1.57. The van der Waals surface area contributed by atoms with Crippen molar-refractivity contribution in [2.75, 3.05) is 5.32 Å². The molecule has 0 bridgehead atoms. The first-order chi connectivity index (χ1) is 7.66. The molecule has 1 aromatic heterocycles. The van der Waals surface area contributed by atoms with Crippen LogP contribution in [0.3, 0.4) is 0 Å². The van der Waals surface area contributed by atoms with Crippen LogP contribution in [-0.2, 0) is 4.79 Å². The molecule has 16 heavy (non-hydrogen) atoms. The van der Waals surface area contributed by atoms with Crippen LogP contribution in [-0.4, -0.2) is 15.9 Å². The van der Waals surface area contributed by atoms with Gasteiger partial charge in [0.05, 0.1) is 17.2 Å². The molecule has 0 saturated carbocycles. The zero-order chi connectivity index (χ0) is 11.5. The quantitative estimate of drug-likeness (QED) is 0.835. The Bertz CT molecular complexity index is 522. The summed E-state index contributed by atoms with van der Waals surface area (Å²) >= 11 is 0. The molecule has 1 N–H and O–H groups in total. The molecule has 0 atom stereocenters. The number of carbonyl (C=O) groups excluding carboxylic acids is 1. The van der Waals surface area contributed by atoms with E-state index in [-0.39, 0.29) is 11.8 Å². The van der Waals surface area contributed by atoms with Gasteiger partial charge in [-0.25, -0.2) is 4.98 Å². The third-order valence-electron chi connectivity index (χ3n) is 2.22. The molecule has 2 aromatic rings. The van der Waals surface area contributed by atoms with Gasteiger partial charge in [0, 0.05) is 5.92 Å². The van der Waals surface area contributed by atoms with Crippen LogP contribution in [0.25, 0.3) is 11.0 Å². The van der Waals surface area contributed by atoms with Crippen LogP contribution in [0.2, 0.25) is 0 Å². The molecule has 4 nitrogen and oxygen atoms in total. The van der Waals surface area contributed by atoms with Crippen molar-refractivity contribution in [2.24, 2.45) is 5.92 Å². The van der Waals surface area contributed by atoms with Crippen LogP contribution >= 0.6 is 0 Å². The summed E-state index contributed by atoms with van der Waals surface area (Å²) in [5.74, 6) is 0.384. The Kier molecular flexibility index (Phi) is 2.81. The molecular weight excluding hydrogens is 202 g/mol. The van der Waals surface area contributed by atoms with Gasteiger partial charge < -0.3 is 5.32 Å². The first-order valence-corrected chi connectivity index (χ1v) is 5.19. The number of nitrogens with one attached hydrogen (secondary N) is 1. The van der Waals surface area contributed by atoms with Crippen molar-refractivity contribution in [3.05, 3.63) is 30.5 Å². The van der Waals surface area contributed by atoms with Crippen LogP contribution in [0.4, 0.5) is 5.82 Å². The second kappa shape index (κ2) is 4.26. The molecule has 0 unspecified atom stereocenters. The smallest absolute Gasteiger partial charge is 0.228 e. The van der Waals surface area contributed by atoms with E-state index in [1.807, 2.05) is 38.1 Å². The predicted octanol–water partition coefficient (Wildman–Crippen LogP) is 2.22. The standard InChI is InChI=1S/C12H13N3O/c1-8(2)12(16)15-11-7-13-9-5-3-4-6-10(9)14-11/h3-8H,1-2H3,(H,14,15,16). The number of carbonyl (C=O) groups is 1. The molecule has 0 aliphatic rings. The number of aromatic nitrogens is 2. The number of hydrogen-bond donors (Lipinski definition) is 1. The van der Waals surface area contributed by atoms with Gasteiger partial charge in [-0.15, -0.1) is 0 Å². The Labute approximate surface area is 93.7 Å². The average Bonchev–Trinajstić information content (AvgIpc) is 2.28. The average molecular weight is 215 g/mol. The van der Waals surface area contributed by atoms with E-state index < -0.39 is 0 Å². The summed E-state index contributed by atoms with van der Waals surface area (Å²) in [7, 11) is 0. The second-order valence-corrected chi connectivity index (χ2v) is 3.89. The lowest BCUT2D eigenvalue weighted by Crippen LogP contribution is -2.18. The Balaban J connectivity index is 2.29. The van der Waals surface area contributed by atoms with Gasteiger partial charge >= 0.3 is 0 Å². The maximum Gasteiger partial charge on any atom is 0.228 e. The van der Waals surface area contributed by atoms with Gasteiger partial charge in [-0.05, 0) is 12.1 Å². The molecule has 0 saturated heterocycles. The predicted molar refractivity (Wildman–Crippen MR) is 63.0 cm³/mol. The largest absolute Gasteiger partial charge is 0.309 e. The van der Waals surface area contributed by atoms with Crippen molar-refractivity contribution in [1.82, 2.24) is 9.97 Å². The SMILES string of the molecule is CC(C)C(=O)Nc1cnc2ccccc2n1. The minimum Gasteiger partial charge on any atom is -0.309 e. The van der Waals surface area contributed by atoms with Crippen LogP contribution in [0.5, 0.6) is 0 Å². The van der Waals surface area contributed by atoms with Crippen LogP contribution in [0.15, 0.2) is 30.5 Å². The Hall–Kier alpha value is -1.97. The number of anilines is 1. The summed E-state index contributed by atoms with van der Waals surface area (Å²) in [5, 5.41) is 2.72. The minimum absolute atomic E-state index is 0.0513. The summed E-state index contributed by atoms with van der Waals surface area (Å²) in [6.45, 7) is 3.67. The lowest BCUT2D eigenvalue weighted by molar-refractivity contribution is -0.118. The Morgan fingerprint density at radius 2 is 1.94 bits per heavy atom.